The van der Waals surface area contributed by atoms with Crippen LogP contribution in [0.1, 0.15) is 21.5 Å². The molecule has 24 heavy (non-hydrogen) atoms. The third kappa shape index (κ3) is 2.91. The second-order valence-electron chi connectivity index (χ2n) is 6.00. The number of carboxylic acid groups (broad SMARTS) is 1. The van der Waals surface area contributed by atoms with Crippen LogP contribution in [-0.2, 0) is 6.42 Å². The zero-order valence-corrected chi connectivity index (χ0v) is 13.7. The SMILES string of the molecule is CN(C)c1ccccc1Cc1c(O)ccc2cc(C(=O)O)ccc12. The van der Waals surface area contributed by atoms with Crippen molar-refractivity contribution in [3.63, 3.8) is 0 Å². The Morgan fingerprint density at radius 3 is 2.50 bits per heavy atom. The molecule has 0 spiro atoms. The van der Waals surface area contributed by atoms with Gasteiger partial charge in [-0.3, -0.25) is 0 Å². The molecule has 0 bridgehead atoms. The fourth-order valence-electron chi connectivity index (χ4n) is 2.99. The Kier molecular flexibility index (Phi) is 4.13. The molecule has 0 radical (unpaired) electrons. The lowest BCUT2D eigenvalue weighted by Crippen LogP contribution is -2.11. The fraction of sp³-hybridized carbons (Fsp3) is 0.150. The van der Waals surface area contributed by atoms with Gasteiger partial charge in [-0.1, -0.05) is 30.3 Å². The molecule has 4 heteroatoms. The van der Waals surface area contributed by atoms with Crippen molar-refractivity contribution in [2.45, 2.75) is 6.42 Å². The first kappa shape index (κ1) is 15.9. The third-order valence-corrected chi connectivity index (χ3v) is 4.19. The molecule has 0 amide bonds. The Bertz CT molecular complexity index is 916. The molecule has 4 nitrogen and oxygen atoms in total. The largest absolute Gasteiger partial charge is 0.508 e. The molecule has 122 valence electrons. The van der Waals surface area contributed by atoms with E-state index in [0.717, 1.165) is 27.6 Å². The Hall–Kier alpha value is -3.01. The van der Waals surface area contributed by atoms with Gasteiger partial charge in [0.1, 0.15) is 5.75 Å². The van der Waals surface area contributed by atoms with Gasteiger partial charge in [-0.05, 0) is 40.6 Å². The van der Waals surface area contributed by atoms with Crippen LogP contribution in [0.15, 0.2) is 54.6 Å². The van der Waals surface area contributed by atoms with Gasteiger partial charge in [-0.15, -0.1) is 0 Å². The van der Waals surface area contributed by atoms with Crippen molar-refractivity contribution in [1.82, 2.24) is 0 Å². The molecule has 0 aliphatic rings. The molecule has 3 aromatic carbocycles. The van der Waals surface area contributed by atoms with Crippen LogP contribution in [-0.4, -0.2) is 30.3 Å². The Morgan fingerprint density at radius 2 is 1.79 bits per heavy atom. The maximum absolute atomic E-state index is 11.2. The van der Waals surface area contributed by atoms with Gasteiger partial charge in [-0.2, -0.15) is 0 Å². The summed E-state index contributed by atoms with van der Waals surface area (Å²) in [5.41, 5.74) is 3.25. The number of phenols is 1. The van der Waals surface area contributed by atoms with E-state index in [1.165, 1.54) is 0 Å². The zero-order chi connectivity index (χ0) is 17.3. The summed E-state index contributed by atoms with van der Waals surface area (Å²) in [7, 11) is 3.97. The average molecular weight is 321 g/mol. The number of aromatic carboxylic acids is 1. The molecule has 3 rings (SSSR count). The van der Waals surface area contributed by atoms with E-state index < -0.39 is 5.97 Å². The molecule has 0 fully saturated rings. The molecule has 0 saturated carbocycles. The van der Waals surface area contributed by atoms with Crippen molar-refractivity contribution in [2.24, 2.45) is 0 Å². The maximum Gasteiger partial charge on any atom is 0.335 e. The number of carbonyl (C=O) groups is 1. The zero-order valence-electron chi connectivity index (χ0n) is 13.7. The van der Waals surface area contributed by atoms with Gasteiger partial charge in [0.2, 0.25) is 0 Å². The minimum absolute atomic E-state index is 0.221. The molecule has 0 aromatic heterocycles. The Morgan fingerprint density at radius 1 is 1.04 bits per heavy atom. The lowest BCUT2D eigenvalue weighted by atomic mass is 9.95. The van der Waals surface area contributed by atoms with Crippen molar-refractivity contribution in [3.05, 3.63) is 71.3 Å². The number of anilines is 1. The number of phenolic OH excluding ortho intramolecular Hbond substituents is 1. The van der Waals surface area contributed by atoms with E-state index in [9.17, 15) is 9.90 Å². The predicted molar refractivity (Wildman–Crippen MR) is 96.1 cm³/mol. The van der Waals surface area contributed by atoms with E-state index in [-0.39, 0.29) is 11.3 Å². The summed E-state index contributed by atoms with van der Waals surface area (Å²) < 4.78 is 0. The molecular weight excluding hydrogens is 302 g/mol. The van der Waals surface area contributed by atoms with Crippen molar-refractivity contribution in [2.75, 3.05) is 19.0 Å². The first-order valence-corrected chi connectivity index (χ1v) is 7.70. The molecule has 0 unspecified atom stereocenters. The van der Waals surface area contributed by atoms with Crippen molar-refractivity contribution >= 4 is 22.4 Å². The van der Waals surface area contributed by atoms with Gasteiger partial charge in [0, 0.05) is 31.8 Å². The van der Waals surface area contributed by atoms with E-state index in [0.29, 0.717) is 6.42 Å². The van der Waals surface area contributed by atoms with E-state index in [2.05, 4.69) is 0 Å². The minimum Gasteiger partial charge on any atom is -0.508 e. The monoisotopic (exact) mass is 321 g/mol. The van der Waals surface area contributed by atoms with Gasteiger partial charge in [-0.25, -0.2) is 4.79 Å². The van der Waals surface area contributed by atoms with Gasteiger partial charge in [0.25, 0.3) is 0 Å². The Balaban J connectivity index is 2.13. The number of hydrogen-bond acceptors (Lipinski definition) is 3. The first-order valence-electron chi connectivity index (χ1n) is 7.70. The molecular formula is C20H19NO3. The molecule has 0 atom stereocenters. The molecule has 0 saturated heterocycles. The summed E-state index contributed by atoms with van der Waals surface area (Å²) >= 11 is 0. The predicted octanol–water partition coefficient (Wildman–Crippen LogP) is 3.90. The number of para-hydroxylation sites is 1. The first-order chi connectivity index (χ1) is 11.5. The highest BCUT2D eigenvalue weighted by Crippen LogP contribution is 2.32. The normalized spacial score (nSPS) is 10.8. The molecule has 2 N–H and O–H groups in total. The van der Waals surface area contributed by atoms with Crippen LogP contribution in [0.5, 0.6) is 5.75 Å². The number of rotatable bonds is 4. The van der Waals surface area contributed by atoms with Gasteiger partial charge in [0.15, 0.2) is 0 Å². The van der Waals surface area contributed by atoms with E-state index in [1.54, 1.807) is 30.3 Å². The van der Waals surface area contributed by atoms with E-state index in [4.69, 9.17) is 5.11 Å². The summed E-state index contributed by atoms with van der Waals surface area (Å²) in [6.45, 7) is 0. The summed E-state index contributed by atoms with van der Waals surface area (Å²) in [5.74, 6) is -0.733. The molecule has 3 aromatic rings. The van der Waals surface area contributed by atoms with E-state index in [1.807, 2.05) is 43.3 Å². The van der Waals surface area contributed by atoms with Crippen molar-refractivity contribution in [3.8, 4) is 5.75 Å². The number of carboxylic acids is 1. The van der Waals surface area contributed by atoms with Crippen molar-refractivity contribution < 1.29 is 15.0 Å². The van der Waals surface area contributed by atoms with Crippen molar-refractivity contribution in [1.29, 1.82) is 0 Å². The van der Waals surface area contributed by atoms with Crippen LogP contribution in [0, 0.1) is 0 Å². The number of benzene rings is 3. The third-order valence-electron chi connectivity index (χ3n) is 4.19. The summed E-state index contributed by atoms with van der Waals surface area (Å²) in [6, 6.07) is 16.4. The maximum atomic E-state index is 11.2. The molecule has 0 aliphatic carbocycles. The smallest absolute Gasteiger partial charge is 0.335 e. The van der Waals surface area contributed by atoms with Crippen LogP contribution in [0.25, 0.3) is 10.8 Å². The summed E-state index contributed by atoms with van der Waals surface area (Å²) in [5, 5.41) is 21.2. The van der Waals surface area contributed by atoms with Crippen LogP contribution < -0.4 is 4.90 Å². The van der Waals surface area contributed by atoms with Crippen LogP contribution in [0.3, 0.4) is 0 Å². The number of nitrogens with zero attached hydrogens (tertiary/aromatic N) is 1. The van der Waals surface area contributed by atoms with Gasteiger partial charge in [0.05, 0.1) is 5.56 Å². The second kappa shape index (κ2) is 6.24. The topological polar surface area (TPSA) is 60.8 Å². The van der Waals surface area contributed by atoms with E-state index >= 15 is 0 Å². The van der Waals surface area contributed by atoms with Crippen LogP contribution in [0.4, 0.5) is 5.69 Å². The minimum atomic E-state index is -0.954. The lowest BCUT2D eigenvalue weighted by Gasteiger charge is -2.18. The van der Waals surface area contributed by atoms with Crippen LogP contribution >= 0.6 is 0 Å². The number of aromatic hydroxyl groups is 1. The average Bonchev–Trinajstić information content (AvgIpc) is 2.57. The standard InChI is InChI=1S/C20H19NO3/c1-21(2)18-6-4-3-5-14(18)12-17-16-9-7-15(20(23)24)11-13(16)8-10-19(17)22/h3-11,22H,12H2,1-2H3,(H,23,24). The summed E-state index contributed by atoms with van der Waals surface area (Å²) in [4.78, 5) is 13.2. The lowest BCUT2D eigenvalue weighted by molar-refractivity contribution is 0.0697. The number of fused-ring (bicyclic) bond motifs is 1. The number of hydrogen-bond donors (Lipinski definition) is 2. The summed E-state index contributed by atoms with van der Waals surface area (Å²) in [6.07, 6.45) is 0.573. The highest BCUT2D eigenvalue weighted by molar-refractivity contribution is 5.96. The highest BCUT2D eigenvalue weighted by Gasteiger charge is 2.13. The Labute approximate surface area is 140 Å². The quantitative estimate of drug-likeness (QED) is 0.765. The second-order valence-corrected chi connectivity index (χ2v) is 6.00. The van der Waals surface area contributed by atoms with Gasteiger partial charge >= 0.3 is 5.97 Å². The van der Waals surface area contributed by atoms with Crippen LogP contribution in [0.2, 0.25) is 0 Å². The van der Waals surface area contributed by atoms with Gasteiger partial charge < -0.3 is 15.1 Å². The fourth-order valence-corrected chi connectivity index (χ4v) is 2.99. The molecule has 0 heterocycles. The molecule has 0 aliphatic heterocycles. The highest BCUT2D eigenvalue weighted by atomic mass is 16.4.